The van der Waals surface area contributed by atoms with Crippen LogP contribution in [-0.2, 0) is 0 Å². The summed E-state index contributed by atoms with van der Waals surface area (Å²) in [5, 5.41) is 4.79. The summed E-state index contributed by atoms with van der Waals surface area (Å²) in [5.41, 5.74) is 1.38. The zero-order chi connectivity index (χ0) is 15.1. The molecule has 0 saturated heterocycles. The summed E-state index contributed by atoms with van der Waals surface area (Å²) in [4.78, 5) is 0. The number of rotatable bonds is 7. The van der Waals surface area contributed by atoms with Crippen molar-refractivity contribution in [2.75, 3.05) is 0 Å². The lowest BCUT2D eigenvalue weighted by Crippen LogP contribution is -2.39. The van der Waals surface area contributed by atoms with Gasteiger partial charge in [-0.3, -0.25) is 0 Å². The van der Waals surface area contributed by atoms with Crippen molar-refractivity contribution in [1.29, 1.82) is 0 Å². The van der Waals surface area contributed by atoms with Crippen LogP contribution in [0.15, 0.2) is 24.3 Å². The van der Waals surface area contributed by atoms with E-state index < -0.39 is 0 Å². The minimum Gasteiger partial charge on any atom is -0.307 e. The van der Waals surface area contributed by atoms with E-state index in [1.807, 2.05) is 12.1 Å². The van der Waals surface area contributed by atoms with Crippen LogP contribution in [0.4, 0.5) is 0 Å². The number of hydrogen-bond acceptors (Lipinski definition) is 1. The molecule has 1 aromatic carbocycles. The lowest BCUT2D eigenvalue weighted by molar-refractivity contribution is 0.242. The van der Waals surface area contributed by atoms with Crippen molar-refractivity contribution >= 4 is 11.6 Å². The summed E-state index contributed by atoms with van der Waals surface area (Å²) in [6, 6.07) is 9.54. The Bertz CT molecular complexity index is 395. The highest BCUT2D eigenvalue weighted by Crippen LogP contribution is 2.30. The lowest BCUT2D eigenvalue weighted by atomic mass is 9.82. The first kappa shape index (κ1) is 16.8. The third-order valence-corrected chi connectivity index (χ3v) is 5.18. The number of hydrogen-bond donors (Lipinski definition) is 1. The average molecular weight is 308 g/mol. The molecule has 1 fully saturated rings. The fourth-order valence-electron chi connectivity index (χ4n) is 3.71. The van der Waals surface area contributed by atoms with Crippen molar-refractivity contribution in [2.45, 2.75) is 77.3 Å². The molecule has 118 valence electrons. The Morgan fingerprint density at radius 1 is 1.10 bits per heavy atom. The molecule has 2 rings (SSSR count). The molecule has 1 aromatic rings. The number of benzene rings is 1. The van der Waals surface area contributed by atoms with Gasteiger partial charge in [0.1, 0.15) is 0 Å². The molecular weight excluding hydrogens is 278 g/mol. The SMILES string of the molecule is CCCC(NC(CC)C1CCCCC1)c1ccc(Cl)cc1. The van der Waals surface area contributed by atoms with Crippen molar-refractivity contribution in [1.82, 2.24) is 5.32 Å². The Balaban J connectivity index is 2.04. The van der Waals surface area contributed by atoms with Gasteiger partial charge in [0, 0.05) is 17.1 Å². The predicted octanol–water partition coefficient (Wildman–Crippen LogP) is 6.13. The number of halogens is 1. The lowest BCUT2D eigenvalue weighted by Gasteiger charge is -2.34. The molecule has 1 N–H and O–H groups in total. The molecule has 0 amide bonds. The van der Waals surface area contributed by atoms with Gasteiger partial charge in [-0.1, -0.05) is 63.3 Å². The summed E-state index contributed by atoms with van der Waals surface area (Å²) in [7, 11) is 0. The molecule has 2 unspecified atom stereocenters. The maximum Gasteiger partial charge on any atom is 0.0406 e. The van der Waals surface area contributed by atoms with Crippen LogP contribution in [0.25, 0.3) is 0 Å². The molecule has 1 aliphatic rings. The van der Waals surface area contributed by atoms with Gasteiger partial charge in [0.15, 0.2) is 0 Å². The molecule has 0 heterocycles. The van der Waals surface area contributed by atoms with Gasteiger partial charge in [-0.15, -0.1) is 0 Å². The van der Waals surface area contributed by atoms with Gasteiger partial charge in [-0.2, -0.15) is 0 Å². The van der Waals surface area contributed by atoms with E-state index in [2.05, 4.69) is 31.3 Å². The highest BCUT2D eigenvalue weighted by Gasteiger charge is 2.24. The molecule has 1 aliphatic carbocycles. The van der Waals surface area contributed by atoms with Crippen LogP contribution in [0.1, 0.15) is 76.8 Å². The molecular formula is C19H30ClN. The summed E-state index contributed by atoms with van der Waals surface area (Å²) in [5.74, 6) is 0.871. The van der Waals surface area contributed by atoms with Crippen LogP contribution >= 0.6 is 11.6 Å². The minimum atomic E-state index is 0.471. The van der Waals surface area contributed by atoms with Gasteiger partial charge < -0.3 is 5.32 Å². The fourth-order valence-corrected chi connectivity index (χ4v) is 3.84. The predicted molar refractivity (Wildman–Crippen MR) is 92.9 cm³/mol. The Hall–Kier alpha value is -0.530. The fraction of sp³-hybridized carbons (Fsp3) is 0.684. The molecule has 1 saturated carbocycles. The van der Waals surface area contributed by atoms with E-state index in [9.17, 15) is 0 Å². The zero-order valence-corrected chi connectivity index (χ0v) is 14.3. The maximum absolute atomic E-state index is 6.03. The van der Waals surface area contributed by atoms with Crippen LogP contribution in [-0.4, -0.2) is 6.04 Å². The second kappa shape index (κ2) is 8.80. The quantitative estimate of drug-likeness (QED) is 0.639. The van der Waals surface area contributed by atoms with E-state index in [-0.39, 0.29) is 0 Å². The van der Waals surface area contributed by atoms with Crippen molar-refractivity contribution in [2.24, 2.45) is 5.92 Å². The van der Waals surface area contributed by atoms with Crippen LogP contribution in [0, 0.1) is 5.92 Å². The second-order valence-electron chi connectivity index (χ2n) is 6.47. The van der Waals surface area contributed by atoms with Gasteiger partial charge in [0.25, 0.3) is 0 Å². The van der Waals surface area contributed by atoms with Gasteiger partial charge in [0.2, 0.25) is 0 Å². The van der Waals surface area contributed by atoms with Gasteiger partial charge in [0.05, 0.1) is 0 Å². The minimum absolute atomic E-state index is 0.471. The van der Waals surface area contributed by atoms with Crippen LogP contribution < -0.4 is 5.32 Å². The monoisotopic (exact) mass is 307 g/mol. The maximum atomic E-state index is 6.03. The third-order valence-electron chi connectivity index (χ3n) is 4.92. The summed E-state index contributed by atoms with van der Waals surface area (Å²) in [6.07, 6.45) is 10.7. The third kappa shape index (κ3) is 5.00. The van der Waals surface area contributed by atoms with E-state index in [1.165, 1.54) is 56.9 Å². The molecule has 0 radical (unpaired) electrons. The molecule has 2 heteroatoms. The molecule has 0 spiro atoms. The highest BCUT2D eigenvalue weighted by molar-refractivity contribution is 6.30. The highest BCUT2D eigenvalue weighted by atomic mass is 35.5. The molecule has 2 atom stereocenters. The van der Waals surface area contributed by atoms with Gasteiger partial charge in [-0.25, -0.2) is 0 Å². The van der Waals surface area contributed by atoms with E-state index in [1.54, 1.807) is 0 Å². The Morgan fingerprint density at radius 2 is 1.76 bits per heavy atom. The average Bonchev–Trinajstić information content (AvgIpc) is 2.53. The molecule has 0 aliphatic heterocycles. The summed E-state index contributed by atoms with van der Waals surface area (Å²) in [6.45, 7) is 4.60. The van der Waals surface area contributed by atoms with Crippen LogP contribution in [0.3, 0.4) is 0 Å². The van der Waals surface area contributed by atoms with Gasteiger partial charge >= 0.3 is 0 Å². The smallest absolute Gasteiger partial charge is 0.0406 e. The molecule has 0 aromatic heterocycles. The standard InChI is InChI=1S/C19H30ClN/c1-3-8-19(16-11-13-17(20)14-12-16)21-18(4-2)15-9-6-5-7-10-15/h11-15,18-19,21H,3-10H2,1-2H3. The first-order valence-electron chi connectivity index (χ1n) is 8.76. The normalized spacial score (nSPS) is 19.4. The Morgan fingerprint density at radius 3 is 2.33 bits per heavy atom. The van der Waals surface area contributed by atoms with E-state index in [0.29, 0.717) is 12.1 Å². The largest absolute Gasteiger partial charge is 0.307 e. The second-order valence-corrected chi connectivity index (χ2v) is 6.91. The first-order valence-corrected chi connectivity index (χ1v) is 9.13. The van der Waals surface area contributed by atoms with Crippen LogP contribution in [0.2, 0.25) is 5.02 Å². The Kier molecular flexibility index (Phi) is 7.06. The first-order chi connectivity index (χ1) is 10.2. The Labute approximate surface area is 135 Å². The van der Waals surface area contributed by atoms with Crippen LogP contribution in [0.5, 0.6) is 0 Å². The van der Waals surface area contributed by atoms with Gasteiger partial charge in [-0.05, 0) is 49.3 Å². The van der Waals surface area contributed by atoms with Crippen molar-refractivity contribution < 1.29 is 0 Å². The molecule has 0 bridgehead atoms. The van der Waals surface area contributed by atoms with Crippen molar-refractivity contribution in [3.05, 3.63) is 34.9 Å². The van der Waals surface area contributed by atoms with Crippen molar-refractivity contribution in [3.63, 3.8) is 0 Å². The van der Waals surface area contributed by atoms with E-state index >= 15 is 0 Å². The zero-order valence-electron chi connectivity index (χ0n) is 13.6. The van der Waals surface area contributed by atoms with E-state index in [4.69, 9.17) is 11.6 Å². The molecule has 21 heavy (non-hydrogen) atoms. The number of nitrogens with one attached hydrogen (secondary N) is 1. The summed E-state index contributed by atoms with van der Waals surface area (Å²) < 4.78 is 0. The summed E-state index contributed by atoms with van der Waals surface area (Å²) >= 11 is 6.03. The van der Waals surface area contributed by atoms with E-state index in [0.717, 1.165) is 10.9 Å². The van der Waals surface area contributed by atoms with Crippen molar-refractivity contribution in [3.8, 4) is 0 Å². The molecule has 1 nitrogen and oxygen atoms in total. The topological polar surface area (TPSA) is 12.0 Å².